The fraction of sp³-hybridized carbons (Fsp3) is 0.500. The topological polar surface area (TPSA) is 113 Å². The van der Waals surface area contributed by atoms with Crippen molar-refractivity contribution in [1.82, 2.24) is 5.32 Å². The lowest BCUT2D eigenvalue weighted by Crippen LogP contribution is -2.26. The number of hydrogen-bond donors (Lipinski definition) is 2. The number of carboxylic acids is 1. The maximum absolute atomic E-state index is 12.3. The van der Waals surface area contributed by atoms with E-state index in [1.807, 2.05) is 0 Å². The van der Waals surface area contributed by atoms with Crippen LogP contribution in [0.5, 0.6) is 0 Å². The van der Waals surface area contributed by atoms with Crippen LogP contribution in [0.2, 0.25) is 0 Å². The van der Waals surface area contributed by atoms with Gasteiger partial charge in [0.05, 0.1) is 10.5 Å². The van der Waals surface area contributed by atoms with E-state index in [0.29, 0.717) is 18.7 Å². The lowest BCUT2D eigenvalue weighted by molar-refractivity contribution is -0.384. The van der Waals surface area contributed by atoms with Gasteiger partial charge in [-0.2, -0.15) is 0 Å². The molecule has 1 aromatic rings. The van der Waals surface area contributed by atoms with E-state index in [4.69, 9.17) is 5.11 Å². The molecule has 8 heteroatoms. The Kier molecular flexibility index (Phi) is 7.67. The largest absolute Gasteiger partial charge is 0.481 e. The van der Waals surface area contributed by atoms with Gasteiger partial charge in [-0.25, -0.2) is 0 Å². The van der Waals surface area contributed by atoms with Crippen molar-refractivity contribution in [2.75, 3.05) is 25.5 Å². The Labute approximate surface area is 140 Å². The third-order valence-electron chi connectivity index (χ3n) is 3.52. The summed E-state index contributed by atoms with van der Waals surface area (Å²) in [6, 6.07) is 4.20. The molecule has 0 bridgehead atoms. The van der Waals surface area contributed by atoms with Crippen LogP contribution in [0.15, 0.2) is 18.2 Å². The van der Waals surface area contributed by atoms with E-state index in [-0.39, 0.29) is 23.6 Å². The first kappa shape index (κ1) is 19.4. The predicted octanol–water partition coefficient (Wildman–Crippen LogP) is 2.43. The van der Waals surface area contributed by atoms with E-state index in [2.05, 4.69) is 5.32 Å². The van der Waals surface area contributed by atoms with E-state index in [9.17, 15) is 19.7 Å². The van der Waals surface area contributed by atoms with Crippen molar-refractivity contribution in [3.8, 4) is 0 Å². The van der Waals surface area contributed by atoms with Crippen molar-refractivity contribution in [1.29, 1.82) is 0 Å². The molecule has 1 amide bonds. The van der Waals surface area contributed by atoms with Crippen molar-refractivity contribution in [3.05, 3.63) is 33.9 Å². The highest BCUT2D eigenvalue weighted by Crippen LogP contribution is 2.24. The van der Waals surface area contributed by atoms with Gasteiger partial charge in [0.15, 0.2) is 0 Å². The molecule has 0 spiro atoms. The molecule has 1 rings (SSSR count). The fourth-order valence-corrected chi connectivity index (χ4v) is 2.26. The smallest absolute Gasteiger partial charge is 0.303 e. The minimum absolute atomic E-state index is 0.126. The van der Waals surface area contributed by atoms with Gasteiger partial charge >= 0.3 is 5.97 Å². The van der Waals surface area contributed by atoms with Crippen molar-refractivity contribution in [3.63, 3.8) is 0 Å². The maximum Gasteiger partial charge on any atom is 0.303 e. The average Bonchev–Trinajstić information content (AvgIpc) is 2.52. The number of anilines is 1. The lowest BCUT2D eigenvalue weighted by Gasteiger charge is -2.17. The number of nitro groups is 1. The van der Waals surface area contributed by atoms with E-state index in [1.165, 1.54) is 12.1 Å². The van der Waals surface area contributed by atoms with Gasteiger partial charge in [0.25, 0.3) is 11.6 Å². The molecule has 0 saturated heterocycles. The summed E-state index contributed by atoms with van der Waals surface area (Å²) in [5, 5.41) is 22.2. The zero-order valence-electron chi connectivity index (χ0n) is 13.9. The number of unbranched alkanes of at least 4 members (excludes halogenated alkanes) is 3. The summed E-state index contributed by atoms with van der Waals surface area (Å²) in [7, 11) is 3.53. The van der Waals surface area contributed by atoms with Gasteiger partial charge in [0.2, 0.25) is 0 Å². The minimum atomic E-state index is -0.801. The number of non-ortho nitro benzene ring substituents is 1. The number of nitrogens with zero attached hydrogens (tertiary/aromatic N) is 2. The van der Waals surface area contributed by atoms with Crippen LogP contribution in [0, 0.1) is 10.1 Å². The SMILES string of the molecule is CN(C)c1ccc([N+](=O)[O-])cc1C(=O)NCCCCCCC(=O)O. The van der Waals surface area contributed by atoms with E-state index < -0.39 is 10.9 Å². The van der Waals surface area contributed by atoms with Gasteiger partial charge in [-0.1, -0.05) is 12.8 Å². The molecular weight excluding hydrogens is 314 g/mol. The van der Waals surface area contributed by atoms with Crippen LogP contribution in [0.1, 0.15) is 42.5 Å². The van der Waals surface area contributed by atoms with Crippen LogP contribution in [-0.4, -0.2) is 42.5 Å². The third-order valence-corrected chi connectivity index (χ3v) is 3.52. The standard InChI is InChI=1S/C16H23N3O5/c1-18(2)14-9-8-12(19(23)24)11-13(14)16(22)17-10-6-4-3-5-7-15(20)21/h8-9,11H,3-7,10H2,1-2H3,(H,17,22)(H,20,21). The number of carbonyl (C=O) groups is 2. The Bertz CT molecular complexity index is 601. The number of benzene rings is 1. The van der Waals surface area contributed by atoms with E-state index in [0.717, 1.165) is 19.3 Å². The first-order valence-electron chi connectivity index (χ1n) is 7.78. The summed E-state index contributed by atoms with van der Waals surface area (Å²) in [6.45, 7) is 0.446. The van der Waals surface area contributed by atoms with E-state index in [1.54, 1.807) is 25.1 Å². The number of carboxylic acid groups (broad SMARTS) is 1. The molecule has 0 aliphatic carbocycles. The average molecular weight is 337 g/mol. The van der Waals surface area contributed by atoms with Gasteiger partial charge in [-0.05, 0) is 18.9 Å². The summed E-state index contributed by atoms with van der Waals surface area (Å²) in [6.07, 6.45) is 3.13. The molecule has 0 aliphatic heterocycles. The van der Waals surface area contributed by atoms with Gasteiger partial charge in [0.1, 0.15) is 0 Å². The predicted molar refractivity (Wildman–Crippen MR) is 90.5 cm³/mol. The molecule has 0 saturated carbocycles. The second-order valence-corrected chi connectivity index (χ2v) is 5.67. The number of rotatable bonds is 10. The second-order valence-electron chi connectivity index (χ2n) is 5.67. The molecular formula is C16H23N3O5. The van der Waals surface area contributed by atoms with Crippen molar-refractivity contribution in [2.45, 2.75) is 32.1 Å². The molecule has 0 aliphatic rings. The Balaban J connectivity index is 2.55. The van der Waals surface area contributed by atoms with Crippen LogP contribution in [0.25, 0.3) is 0 Å². The lowest BCUT2D eigenvalue weighted by atomic mass is 10.1. The molecule has 0 heterocycles. The first-order chi connectivity index (χ1) is 11.3. The summed E-state index contributed by atoms with van der Waals surface area (Å²) in [5.41, 5.74) is 0.749. The quantitative estimate of drug-likeness (QED) is 0.385. The normalized spacial score (nSPS) is 10.2. The zero-order chi connectivity index (χ0) is 18.1. The van der Waals surface area contributed by atoms with Crippen molar-refractivity contribution >= 4 is 23.3 Å². The number of carbonyl (C=O) groups excluding carboxylic acids is 1. The van der Waals surface area contributed by atoms with Crippen molar-refractivity contribution in [2.24, 2.45) is 0 Å². The Hall–Kier alpha value is -2.64. The summed E-state index contributed by atoms with van der Waals surface area (Å²) in [4.78, 5) is 34.8. The van der Waals surface area contributed by atoms with Gasteiger partial charge < -0.3 is 15.3 Å². The molecule has 0 unspecified atom stereocenters. The number of nitrogens with one attached hydrogen (secondary N) is 1. The summed E-state index contributed by atoms with van der Waals surface area (Å²) < 4.78 is 0. The molecule has 2 N–H and O–H groups in total. The Morgan fingerprint density at radius 3 is 2.46 bits per heavy atom. The third kappa shape index (κ3) is 6.23. The highest BCUT2D eigenvalue weighted by atomic mass is 16.6. The summed E-state index contributed by atoms with van der Waals surface area (Å²) in [5.74, 6) is -1.15. The highest BCUT2D eigenvalue weighted by molar-refractivity contribution is 6.00. The molecule has 1 aromatic carbocycles. The number of amides is 1. The van der Waals surface area contributed by atoms with Gasteiger partial charge in [0, 0.05) is 44.9 Å². The first-order valence-corrected chi connectivity index (χ1v) is 7.78. The molecule has 0 atom stereocenters. The molecule has 24 heavy (non-hydrogen) atoms. The van der Waals surface area contributed by atoms with Crippen LogP contribution in [0.4, 0.5) is 11.4 Å². The van der Waals surface area contributed by atoms with Crippen LogP contribution in [0.3, 0.4) is 0 Å². The van der Waals surface area contributed by atoms with E-state index >= 15 is 0 Å². The van der Waals surface area contributed by atoms with Crippen LogP contribution in [-0.2, 0) is 4.79 Å². The molecule has 0 aromatic heterocycles. The Morgan fingerprint density at radius 1 is 1.21 bits per heavy atom. The second kappa shape index (κ2) is 9.49. The van der Waals surface area contributed by atoms with Gasteiger partial charge in [-0.15, -0.1) is 0 Å². The fourth-order valence-electron chi connectivity index (χ4n) is 2.26. The molecule has 8 nitrogen and oxygen atoms in total. The monoisotopic (exact) mass is 337 g/mol. The molecule has 0 radical (unpaired) electrons. The maximum atomic E-state index is 12.3. The molecule has 0 fully saturated rings. The highest BCUT2D eigenvalue weighted by Gasteiger charge is 2.17. The van der Waals surface area contributed by atoms with Crippen LogP contribution < -0.4 is 10.2 Å². The minimum Gasteiger partial charge on any atom is -0.481 e. The Morgan fingerprint density at radius 2 is 1.88 bits per heavy atom. The zero-order valence-corrected chi connectivity index (χ0v) is 13.9. The summed E-state index contributed by atoms with van der Waals surface area (Å²) >= 11 is 0. The van der Waals surface area contributed by atoms with Crippen molar-refractivity contribution < 1.29 is 19.6 Å². The van der Waals surface area contributed by atoms with Crippen LogP contribution >= 0.6 is 0 Å². The number of hydrogen-bond acceptors (Lipinski definition) is 5. The van der Waals surface area contributed by atoms with Gasteiger partial charge in [-0.3, -0.25) is 19.7 Å². The molecule has 132 valence electrons. The number of aliphatic carboxylic acids is 1. The number of nitro benzene ring substituents is 1.